The fraction of sp³-hybridized carbons (Fsp3) is 0.130. The van der Waals surface area contributed by atoms with Gasteiger partial charge in [-0.25, -0.2) is 0 Å². The van der Waals surface area contributed by atoms with Gasteiger partial charge in [-0.2, -0.15) is 0 Å². The molecule has 0 aliphatic rings. The van der Waals surface area contributed by atoms with Gasteiger partial charge in [0.1, 0.15) is 5.75 Å². The van der Waals surface area contributed by atoms with Crippen molar-refractivity contribution >= 4 is 28.2 Å². The molecular formula is C23H22N4O2. The van der Waals surface area contributed by atoms with Gasteiger partial charge in [-0.1, -0.05) is 24.3 Å². The summed E-state index contributed by atoms with van der Waals surface area (Å²) in [6.45, 7) is 0.550. The number of benzene rings is 2. The number of rotatable bonds is 7. The number of fused-ring (bicyclic) bond motifs is 1. The van der Waals surface area contributed by atoms with E-state index in [1.165, 1.54) is 10.9 Å². The van der Waals surface area contributed by atoms with Crippen LogP contribution in [0.1, 0.15) is 15.9 Å². The zero-order valence-corrected chi connectivity index (χ0v) is 16.1. The number of carbonyl (C=O) groups excluding carboxylic acids is 1. The van der Waals surface area contributed by atoms with Crippen LogP contribution in [0.25, 0.3) is 10.9 Å². The van der Waals surface area contributed by atoms with Gasteiger partial charge < -0.3 is 20.4 Å². The highest BCUT2D eigenvalue weighted by Gasteiger charge is 2.08. The monoisotopic (exact) mass is 386 g/mol. The summed E-state index contributed by atoms with van der Waals surface area (Å²) in [4.78, 5) is 20.0. The summed E-state index contributed by atoms with van der Waals surface area (Å²) in [5, 5.41) is 7.40. The molecule has 4 aromatic rings. The van der Waals surface area contributed by atoms with E-state index in [-0.39, 0.29) is 5.91 Å². The first kappa shape index (κ1) is 18.6. The summed E-state index contributed by atoms with van der Waals surface area (Å²) in [7, 11) is 1.63. The Bertz CT molecular complexity index is 1140. The van der Waals surface area contributed by atoms with Gasteiger partial charge in [0.2, 0.25) is 0 Å². The Morgan fingerprint density at radius 1 is 1.07 bits per heavy atom. The van der Waals surface area contributed by atoms with Crippen molar-refractivity contribution in [1.82, 2.24) is 15.3 Å². The maximum atomic E-state index is 12.5. The highest BCUT2D eigenvalue weighted by atomic mass is 16.5. The summed E-state index contributed by atoms with van der Waals surface area (Å²) in [5.74, 6) is 0.612. The van der Waals surface area contributed by atoms with E-state index in [1.54, 1.807) is 25.6 Å². The largest absolute Gasteiger partial charge is 0.497 e. The molecule has 2 aromatic heterocycles. The van der Waals surface area contributed by atoms with E-state index in [1.807, 2.05) is 48.7 Å². The van der Waals surface area contributed by atoms with Crippen molar-refractivity contribution in [2.24, 2.45) is 0 Å². The van der Waals surface area contributed by atoms with Crippen molar-refractivity contribution in [2.75, 3.05) is 19.0 Å². The fourth-order valence-electron chi connectivity index (χ4n) is 3.25. The molecule has 0 aliphatic heterocycles. The maximum Gasteiger partial charge on any atom is 0.252 e. The van der Waals surface area contributed by atoms with Crippen molar-refractivity contribution in [3.63, 3.8) is 0 Å². The molecular weight excluding hydrogens is 364 g/mol. The van der Waals surface area contributed by atoms with Crippen molar-refractivity contribution in [2.45, 2.75) is 6.42 Å². The van der Waals surface area contributed by atoms with Crippen molar-refractivity contribution in [3.8, 4) is 5.75 Å². The van der Waals surface area contributed by atoms with Gasteiger partial charge in [-0.3, -0.25) is 9.78 Å². The minimum Gasteiger partial charge on any atom is -0.497 e. The Kier molecular flexibility index (Phi) is 5.42. The smallest absolute Gasteiger partial charge is 0.252 e. The van der Waals surface area contributed by atoms with E-state index >= 15 is 0 Å². The number of carbonyl (C=O) groups is 1. The number of aromatic nitrogens is 2. The van der Waals surface area contributed by atoms with Gasteiger partial charge in [0, 0.05) is 41.6 Å². The Balaban J connectivity index is 1.38. The number of ether oxygens (including phenoxy) is 1. The van der Waals surface area contributed by atoms with E-state index in [0.29, 0.717) is 12.1 Å². The van der Waals surface area contributed by atoms with E-state index < -0.39 is 0 Å². The molecule has 0 atom stereocenters. The molecule has 0 saturated heterocycles. The lowest BCUT2D eigenvalue weighted by Crippen LogP contribution is -2.25. The minimum atomic E-state index is -0.147. The number of hydrogen-bond donors (Lipinski definition) is 3. The molecule has 146 valence electrons. The third-order valence-electron chi connectivity index (χ3n) is 4.71. The van der Waals surface area contributed by atoms with Crippen LogP contribution in [0.2, 0.25) is 0 Å². The number of H-pyrrole nitrogens is 1. The third-order valence-corrected chi connectivity index (χ3v) is 4.71. The molecule has 0 radical (unpaired) electrons. The van der Waals surface area contributed by atoms with Crippen LogP contribution in [0, 0.1) is 0 Å². The lowest BCUT2D eigenvalue weighted by molar-refractivity contribution is 0.0954. The van der Waals surface area contributed by atoms with Gasteiger partial charge in [0.05, 0.1) is 24.6 Å². The summed E-state index contributed by atoms with van der Waals surface area (Å²) in [6, 6.07) is 17.5. The van der Waals surface area contributed by atoms with E-state index in [9.17, 15) is 4.79 Å². The number of methoxy groups -OCH3 is 1. The summed E-state index contributed by atoms with van der Waals surface area (Å²) in [6.07, 6.45) is 6.00. The highest BCUT2D eigenvalue weighted by molar-refractivity contribution is 5.95. The van der Waals surface area contributed by atoms with Crippen LogP contribution >= 0.6 is 0 Å². The first-order chi connectivity index (χ1) is 14.2. The first-order valence-electron chi connectivity index (χ1n) is 9.42. The Morgan fingerprint density at radius 3 is 2.86 bits per heavy atom. The molecule has 6 nitrogen and oxygen atoms in total. The molecule has 1 amide bonds. The first-order valence-corrected chi connectivity index (χ1v) is 9.42. The zero-order valence-electron chi connectivity index (χ0n) is 16.1. The maximum absolute atomic E-state index is 12.5. The molecule has 0 fully saturated rings. The summed E-state index contributed by atoms with van der Waals surface area (Å²) >= 11 is 0. The SMILES string of the molecule is COc1cccc(Nc2cncc(C(=O)NCCc3c[nH]c4ccccc34)c2)c1. The second kappa shape index (κ2) is 8.48. The third kappa shape index (κ3) is 4.38. The lowest BCUT2D eigenvalue weighted by atomic mass is 10.1. The van der Waals surface area contributed by atoms with Crippen molar-refractivity contribution in [1.29, 1.82) is 0 Å². The molecule has 0 bridgehead atoms. The van der Waals surface area contributed by atoms with E-state index in [4.69, 9.17) is 4.74 Å². The van der Waals surface area contributed by atoms with Crippen LogP contribution in [-0.4, -0.2) is 29.5 Å². The molecule has 2 heterocycles. The number of anilines is 2. The fourth-order valence-corrected chi connectivity index (χ4v) is 3.25. The average Bonchev–Trinajstić information content (AvgIpc) is 3.17. The summed E-state index contributed by atoms with van der Waals surface area (Å²) < 4.78 is 5.23. The van der Waals surface area contributed by atoms with Crippen molar-refractivity contribution in [3.05, 3.63) is 84.3 Å². The topological polar surface area (TPSA) is 79.0 Å². The van der Waals surface area contributed by atoms with Crippen LogP contribution in [0.15, 0.2) is 73.2 Å². The second-order valence-corrected chi connectivity index (χ2v) is 6.68. The Morgan fingerprint density at radius 2 is 1.97 bits per heavy atom. The lowest BCUT2D eigenvalue weighted by Gasteiger charge is -2.09. The number of nitrogens with zero attached hydrogens (tertiary/aromatic N) is 1. The van der Waals surface area contributed by atoms with Crippen LogP contribution in [-0.2, 0) is 6.42 Å². The van der Waals surface area contributed by atoms with Gasteiger partial charge in [-0.05, 0) is 36.2 Å². The van der Waals surface area contributed by atoms with Crippen LogP contribution in [0.3, 0.4) is 0 Å². The number of nitrogens with one attached hydrogen (secondary N) is 3. The van der Waals surface area contributed by atoms with E-state index in [2.05, 4.69) is 26.7 Å². The predicted molar refractivity (Wildman–Crippen MR) is 115 cm³/mol. The molecule has 0 unspecified atom stereocenters. The number of pyridine rings is 1. The highest BCUT2D eigenvalue weighted by Crippen LogP contribution is 2.21. The molecule has 3 N–H and O–H groups in total. The standard InChI is InChI=1S/C23H22N4O2/c1-29-20-6-4-5-18(12-20)27-19-11-17(13-24-15-19)23(28)25-10-9-16-14-26-22-8-3-2-7-21(16)22/h2-8,11-15,26-27H,9-10H2,1H3,(H,25,28). The number of aromatic amines is 1. The molecule has 0 aliphatic carbocycles. The van der Waals surface area contributed by atoms with Gasteiger partial charge in [0.15, 0.2) is 0 Å². The van der Waals surface area contributed by atoms with Crippen molar-refractivity contribution < 1.29 is 9.53 Å². The number of hydrogen-bond acceptors (Lipinski definition) is 4. The number of amides is 1. The molecule has 2 aromatic carbocycles. The van der Waals surface area contributed by atoms with E-state index in [0.717, 1.165) is 29.1 Å². The van der Waals surface area contributed by atoms with Gasteiger partial charge in [-0.15, -0.1) is 0 Å². The van der Waals surface area contributed by atoms with Crippen LogP contribution < -0.4 is 15.4 Å². The minimum absolute atomic E-state index is 0.147. The van der Waals surface area contributed by atoms with Gasteiger partial charge >= 0.3 is 0 Å². The van der Waals surface area contributed by atoms with Crippen LogP contribution in [0.5, 0.6) is 5.75 Å². The molecule has 29 heavy (non-hydrogen) atoms. The molecule has 6 heteroatoms. The quantitative estimate of drug-likeness (QED) is 0.443. The molecule has 0 spiro atoms. The molecule has 0 saturated carbocycles. The number of para-hydroxylation sites is 1. The van der Waals surface area contributed by atoms with Crippen LogP contribution in [0.4, 0.5) is 11.4 Å². The second-order valence-electron chi connectivity index (χ2n) is 6.68. The van der Waals surface area contributed by atoms with Gasteiger partial charge in [0.25, 0.3) is 5.91 Å². The molecule has 4 rings (SSSR count). The predicted octanol–water partition coefficient (Wildman–Crippen LogP) is 4.29. The Hall–Kier alpha value is -3.80. The summed E-state index contributed by atoms with van der Waals surface area (Å²) in [5.41, 5.74) is 4.41. The Labute approximate surface area is 168 Å². The normalized spacial score (nSPS) is 10.7. The zero-order chi connectivity index (χ0) is 20.1. The average molecular weight is 386 g/mol.